The number of hydrogen-bond donors (Lipinski definition) is 0. The van der Waals surface area contributed by atoms with Crippen molar-refractivity contribution >= 4 is 12.6 Å². The number of fused-ring (bicyclic) bond motifs is 1. The Bertz CT molecular complexity index is 1340. The molecule has 230 valence electrons. The zero-order chi connectivity index (χ0) is 31.1. The van der Waals surface area contributed by atoms with Crippen LogP contribution in [0.2, 0.25) is 0 Å². The SMILES string of the molecule is C/C=C(C)/C(C)=C/C(=C(C)C)C1=C(C2CCC(C)CC2)CN(Cc2nc3nc(C(C)C)cc(C(C)C)n3n2)CC1.C=O. The Hall–Kier alpha value is -2.86. The standard InChI is InChI=1S/C35H53N5.CH2O/c1-11-26(9)27(10)18-30(22(2)3)29-16-17-39(20-31(29)28-14-12-25(8)13-15-28)21-34-37-35-36-32(23(4)5)19-33(24(6)7)40(35)38-34;1-2/h11,18-19,23-25,28H,12-17,20-21H2,1-10H3;1H2/b26-11+,27-18+;. The highest BCUT2D eigenvalue weighted by Crippen LogP contribution is 2.40. The van der Waals surface area contributed by atoms with Gasteiger partial charge >= 0.3 is 0 Å². The van der Waals surface area contributed by atoms with Gasteiger partial charge in [-0.15, -0.1) is 5.10 Å². The largest absolute Gasteiger partial charge is 0.307 e. The average Bonchev–Trinajstić information content (AvgIpc) is 3.38. The van der Waals surface area contributed by atoms with Crippen LogP contribution >= 0.6 is 0 Å². The number of allylic oxidation sites excluding steroid dienone is 6. The van der Waals surface area contributed by atoms with Crippen molar-refractivity contribution in [2.75, 3.05) is 13.1 Å². The molecule has 0 aromatic carbocycles. The van der Waals surface area contributed by atoms with Crippen LogP contribution in [0.5, 0.6) is 0 Å². The van der Waals surface area contributed by atoms with E-state index in [0.29, 0.717) is 17.8 Å². The highest BCUT2D eigenvalue weighted by Gasteiger charge is 2.30. The van der Waals surface area contributed by atoms with Crippen LogP contribution in [0.25, 0.3) is 5.78 Å². The summed E-state index contributed by atoms with van der Waals surface area (Å²) in [6, 6.07) is 2.21. The van der Waals surface area contributed by atoms with Crippen molar-refractivity contribution in [1.82, 2.24) is 24.5 Å². The molecule has 4 rings (SSSR count). The molecule has 1 aliphatic heterocycles. The first-order valence-corrected chi connectivity index (χ1v) is 16.0. The first-order valence-electron chi connectivity index (χ1n) is 16.0. The highest BCUT2D eigenvalue weighted by atomic mass is 16.1. The van der Waals surface area contributed by atoms with Crippen LogP contribution in [0.4, 0.5) is 0 Å². The summed E-state index contributed by atoms with van der Waals surface area (Å²) in [5.41, 5.74) is 11.2. The topological polar surface area (TPSA) is 63.4 Å². The molecule has 42 heavy (non-hydrogen) atoms. The summed E-state index contributed by atoms with van der Waals surface area (Å²) in [6.45, 7) is 27.3. The van der Waals surface area contributed by atoms with Gasteiger partial charge in [-0.3, -0.25) is 4.90 Å². The van der Waals surface area contributed by atoms with E-state index in [1.165, 1.54) is 53.7 Å². The zero-order valence-corrected chi connectivity index (χ0v) is 28.0. The number of carbonyl (C=O) groups is 1. The van der Waals surface area contributed by atoms with Gasteiger partial charge < -0.3 is 4.79 Å². The minimum Gasteiger partial charge on any atom is -0.307 e. The van der Waals surface area contributed by atoms with Crippen molar-refractivity contribution in [3.8, 4) is 0 Å². The third-order valence-corrected chi connectivity index (χ3v) is 9.20. The lowest BCUT2D eigenvalue weighted by Gasteiger charge is -2.37. The Labute approximate surface area is 255 Å². The molecule has 2 aromatic heterocycles. The van der Waals surface area contributed by atoms with E-state index in [2.05, 4.69) is 92.4 Å². The van der Waals surface area contributed by atoms with E-state index < -0.39 is 0 Å². The Morgan fingerprint density at radius 3 is 2.24 bits per heavy atom. The molecular formula is C36H55N5O. The Morgan fingerprint density at radius 2 is 1.67 bits per heavy atom. The fourth-order valence-electron chi connectivity index (χ4n) is 6.29. The third-order valence-electron chi connectivity index (χ3n) is 9.20. The summed E-state index contributed by atoms with van der Waals surface area (Å²) in [5, 5.41) is 4.99. The summed E-state index contributed by atoms with van der Waals surface area (Å²) >= 11 is 0. The molecule has 1 aliphatic carbocycles. The van der Waals surface area contributed by atoms with Crippen LogP contribution in [-0.2, 0) is 11.3 Å². The van der Waals surface area contributed by atoms with Gasteiger partial charge in [0.15, 0.2) is 5.82 Å². The first kappa shape index (κ1) is 33.6. The molecule has 1 fully saturated rings. The zero-order valence-electron chi connectivity index (χ0n) is 28.0. The molecule has 0 bridgehead atoms. The van der Waals surface area contributed by atoms with Gasteiger partial charge in [0.05, 0.1) is 12.2 Å². The van der Waals surface area contributed by atoms with E-state index in [-0.39, 0.29) is 0 Å². The van der Waals surface area contributed by atoms with Gasteiger partial charge in [-0.05, 0) is 106 Å². The van der Waals surface area contributed by atoms with Gasteiger partial charge in [0, 0.05) is 18.8 Å². The van der Waals surface area contributed by atoms with Crippen molar-refractivity contribution in [2.45, 2.75) is 120 Å². The lowest BCUT2D eigenvalue weighted by molar-refractivity contribution is -0.0980. The number of aromatic nitrogens is 4. The lowest BCUT2D eigenvalue weighted by Crippen LogP contribution is -2.35. The molecule has 0 saturated heterocycles. The summed E-state index contributed by atoms with van der Waals surface area (Å²) < 4.78 is 1.99. The molecule has 0 N–H and O–H groups in total. The second-order valence-electron chi connectivity index (χ2n) is 13.3. The molecule has 3 heterocycles. The van der Waals surface area contributed by atoms with Crippen molar-refractivity contribution < 1.29 is 4.79 Å². The van der Waals surface area contributed by atoms with Crippen molar-refractivity contribution in [3.63, 3.8) is 0 Å². The van der Waals surface area contributed by atoms with E-state index in [1.807, 2.05) is 11.3 Å². The molecule has 2 aromatic rings. The maximum Gasteiger partial charge on any atom is 0.252 e. The second-order valence-corrected chi connectivity index (χ2v) is 13.3. The normalized spacial score (nSPS) is 20.8. The quantitative estimate of drug-likeness (QED) is 0.295. The van der Waals surface area contributed by atoms with Crippen molar-refractivity contribution in [3.05, 3.63) is 68.9 Å². The molecule has 1 saturated carbocycles. The first-order chi connectivity index (χ1) is 20.0. The molecule has 2 aliphatic rings. The van der Waals surface area contributed by atoms with Crippen LogP contribution in [0.15, 0.2) is 51.7 Å². The fourth-order valence-corrected chi connectivity index (χ4v) is 6.29. The van der Waals surface area contributed by atoms with Gasteiger partial charge in [0.1, 0.15) is 6.79 Å². The molecule has 0 radical (unpaired) electrons. The van der Waals surface area contributed by atoms with Crippen LogP contribution in [-0.4, -0.2) is 44.4 Å². The highest BCUT2D eigenvalue weighted by molar-refractivity contribution is 5.50. The monoisotopic (exact) mass is 573 g/mol. The Balaban J connectivity index is 0.00000237. The molecule has 6 nitrogen and oxygen atoms in total. The second kappa shape index (κ2) is 15.0. The predicted octanol–water partition coefficient (Wildman–Crippen LogP) is 8.76. The summed E-state index contributed by atoms with van der Waals surface area (Å²) in [7, 11) is 0. The minimum atomic E-state index is 0.364. The summed E-state index contributed by atoms with van der Waals surface area (Å²) in [4.78, 5) is 20.4. The summed E-state index contributed by atoms with van der Waals surface area (Å²) in [6.07, 6.45) is 11.1. The molecular weight excluding hydrogens is 518 g/mol. The fraction of sp³-hybridized carbons (Fsp3) is 0.611. The van der Waals surface area contributed by atoms with E-state index in [9.17, 15) is 0 Å². The maximum absolute atomic E-state index is 8.00. The number of hydrogen-bond acceptors (Lipinski definition) is 5. The number of nitrogens with zero attached hydrogens (tertiary/aromatic N) is 5. The molecule has 0 amide bonds. The summed E-state index contributed by atoms with van der Waals surface area (Å²) in [5.74, 6) is 3.89. The van der Waals surface area contributed by atoms with Gasteiger partial charge in [-0.1, -0.05) is 70.8 Å². The van der Waals surface area contributed by atoms with Gasteiger partial charge in [0.25, 0.3) is 5.78 Å². The minimum absolute atomic E-state index is 0.364. The molecule has 0 atom stereocenters. The Kier molecular flexibility index (Phi) is 12.0. The van der Waals surface area contributed by atoms with Crippen LogP contribution in [0.3, 0.4) is 0 Å². The predicted molar refractivity (Wildman–Crippen MR) is 176 cm³/mol. The van der Waals surface area contributed by atoms with Crippen molar-refractivity contribution in [1.29, 1.82) is 0 Å². The van der Waals surface area contributed by atoms with Crippen LogP contribution in [0, 0.1) is 11.8 Å². The van der Waals surface area contributed by atoms with E-state index >= 15 is 0 Å². The van der Waals surface area contributed by atoms with Crippen LogP contribution < -0.4 is 0 Å². The van der Waals surface area contributed by atoms with E-state index in [0.717, 1.165) is 49.3 Å². The third kappa shape index (κ3) is 7.94. The number of rotatable bonds is 8. The Morgan fingerprint density at radius 1 is 1.00 bits per heavy atom. The molecule has 0 unspecified atom stereocenters. The van der Waals surface area contributed by atoms with Gasteiger partial charge in [-0.25, -0.2) is 9.50 Å². The van der Waals surface area contributed by atoms with E-state index in [4.69, 9.17) is 19.9 Å². The maximum atomic E-state index is 8.00. The van der Waals surface area contributed by atoms with Crippen molar-refractivity contribution in [2.24, 2.45) is 11.8 Å². The lowest BCUT2D eigenvalue weighted by atomic mass is 9.75. The molecule has 6 heteroatoms. The van der Waals surface area contributed by atoms with Gasteiger partial charge in [-0.2, -0.15) is 4.98 Å². The van der Waals surface area contributed by atoms with E-state index in [1.54, 1.807) is 11.1 Å². The smallest absolute Gasteiger partial charge is 0.252 e. The van der Waals surface area contributed by atoms with Crippen LogP contribution in [0.1, 0.15) is 130 Å². The number of carbonyl (C=O) groups excluding carboxylic acids is 1. The average molecular weight is 574 g/mol. The molecule has 0 spiro atoms. The van der Waals surface area contributed by atoms with Gasteiger partial charge in [0.2, 0.25) is 0 Å².